The lowest BCUT2D eigenvalue weighted by molar-refractivity contribution is -0.142. The first-order chi connectivity index (χ1) is 11.9. The quantitative estimate of drug-likeness (QED) is 0.889. The van der Waals surface area contributed by atoms with Crippen molar-refractivity contribution in [2.75, 3.05) is 46.4 Å². The van der Waals surface area contributed by atoms with E-state index in [1.165, 1.54) is 5.56 Å². The molecule has 136 valence electrons. The number of hydrogen-bond acceptors (Lipinski definition) is 4. The van der Waals surface area contributed by atoms with E-state index in [0.717, 1.165) is 39.3 Å². The van der Waals surface area contributed by atoms with Crippen LogP contribution in [0.3, 0.4) is 0 Å². The first kappa shape index (κ1) is 17.0. The Morgan fingerprint density at radius 3 is 2.32 bits per heavy atom. The molecular weight excluding hydrogens is 314 g/mol. The summed E-state index contributed by atoms with van der Waals surface area (Å²) in [7, 11) is 1.60. The van der Waals surface area contributed by atoms with Crippen molar-refractivity contribution >= 4 is 5.91 Å². The largest absolute Gasteiger partial charge is 0.369 e. The van der Waals surface area contributed by atoms with Gasteiger partial charge in [-0.1, -0.05) is 30.3 Å². The van der Waals surface area contributed by atoms with Gasteiger partial charge in [-0.05, 0) is 19.4 Å². The van der Waals surface area contributed by atoms with Crippen LogP contribution in [0.2, 0.25) is 0 Å². The molecule has 0 aromatic heterocycles. The van der Waals surface area contributed by atoms with E-state index < -0.39 is 5.60 Å². The Kier molecular flexibility index (Phi) is 4.13. The number of amides is 1. The zero-order valence-electron chi connectivity index (χ0n) is 15.5. The highest BCUT2D eigenvalue weighted by Crippen LogP contribution is 2.43. The smallest absolute Gasteiger partial charge is 0.251 e. The van der Waals surface area contributed by atoms with Gasteiger partial charge in [0.05, 0.1) is 0 Å². The lowest BCUT2D eigenvalue weighted by Gasteiger charge is -2.56. The second-order valence-electron chi connectivity index (χ2n) is 8.42. The highest BCUT2D eigenvalue weighted by atomic mass is 16.5. The lowest BCUT2D eigenvalue weighted by Crippen LogP contribution is -2.71. The molecule has 3 atom stereocenters. The van der Waals surface area contributed by atoms with Crippen LogP contribution < -0.4 is 5.32 Å². The monoisotopic (exact) mass is 343 g/mol. The molecule has 1 amide bonds. The van der Waals surface area contributed by atoms with Gasteiger partial charge in [-0.15, -0.1) is 0 Å². The van der Waals surface area contributed by atoms with Gasteiger partial charge in [0, 0.05) is 63.8 Å². The number of hydrogen-bond donors (Lipinski definition) is 1. The van der Waals surface area contributed by atoms with Crippen LogP contribution in [-0.4, -0.2) is 73.7 Å². The molecule has 4 aliphatic rings. The Morgan fingerprint density at radius 1 is 1.16 bits per heavy atom. The number of carbonyl (C=O) groups excluding carboxylic acids is 1. The molecule has 0 aliphatic carbocycles. The lowest BCUT2D eigenvalue weighted by atomic mass is 9.64. The zero-order valence-corrected chi connectivity index (χ0v) is 15.5. The number of methoxy groups -OCH3 is 1. The molecule has 2 unspecified atom stereocenters. The van der Waals surface area contributed by atoms with Gasteiger partial charge in [0.1, 0.15) is 5.60 Å². The fourth-order valence-corrected chi connectivity index (χ4v) is 4.98. The maximum Gasteiger partial charge on any atom is 0.251 e. The van der Waals surface area contributed by atoms with Gasteiger partial charge < -0.3 is 19.9 Å². The van der Waals surface area contributed by atoms with Crippen molar-refractivity contribution in [2.24, 2.45) is 5.92 Å². The van der Waals surface area contributed by atoms with Crippen molar-refractivity contribution in [3.63, 3.8) is 0 Å². The fourth-order valence-electron chi connectivity index (χ4n) is 4.98. The van der Waals surface area contributed by atoms with Gasteiger partial charge in [0.25, 0.3) is 5.91 Å². The van der Waals surface area contributed by atoms with Crippen LogP contribution in [0.4, 0.5) is 0 Å². The minimum absolute atomic E-state index is 0.00791. The Morgan fingerprint density at radius 2 is 1.76 bits per heavy atom. The Balaban J connectivity index is 1.73. The van der Waals surface area contributed by atoms with Crippen LogP contribution in [0, 0.1) is 5.92 Å². The molecule has 0 saturated carbocycles. The van der Waals surface area contributed by atoms with Gasteiger partial charge >= 0.3 is 0 Å². The molecule has 25 heavy (non-hydrogen) atoms. The fraction of sp³-hybridized carbons (Fsp3) is 0.650. The molecule has 1 aromatic carbocycles. The van der Waals surface area contributed by atoms with Gasteiger partial charge in [0.2, 0.25) is 0 Å². The molecule has 1 N–H and O–H groups in total. The van der Waals surface area contributed by atoms with Gasteiger partial charge in [0.15, 0.2) is 0 Å². The first-order valence-electron chi connectivity index (χ1n) is 9.31. The topological polar surface area (TPSA) is 44.8 Å². The summed E-state index contributed by atoms with van der Waals surface area (Å²) < 4.78 is 5.42. The van der Waals surface area contributed by atoms with Crippen LogP contribution in [0.25, 0.3) is 0 Å². The molecule has 1 aromatic rings. The van der Waals surface area contributed by atoms with Crippen LogP contribution in [0.1, 0.15) is 19.4 Å². The van der Waals surface area contributed by atoms with Crippen molar-refractivity contribution in [1.82, 2.24) is 15.1 Å². The third-order valence-electron chi connectivity index (χ3n) is 6.49. The summed E-state index contributed by atoms with van der Waals surface area (Å²) in [6, 6.07) is 10.9. The Hall–Kier alpha value is -1.43. The van der Waals surface area contributed by atoms with E-state index >= 15 is 0 Å². The van der Waals surface area contributed by atoms with Crippen molar-refractivity contribution in [1.29, 1.82) is 0 Å². The summed E-state index contributed by atoms with van der Waals surface area (Å²) in [4.78, 5) is 18.1. The standard InChI is InChI=1S/C20H29N3O2/c1-19(2,25-3)18(24)21-17-15-11-22-9-10-23(12-15)14-20(17,13-22)16-7-5-4-6-8-16/h4-8,15,17H,9-14H2,1-3H3,(H,21,24)/t15?,17-,20?/m1/s1. The maximum absolute atomic E-state index is 12.9. The summed E-state index contributed by atoms with van der Waals surface area (Å²) in [6.07, 6.45) is 0. The number of piperidine rings is 2. The van der Waals surface area contributed by atoms with Gasteiger partial charge in [-0.3, -0.25) is 4.79 Å². The summed E-state index contributed by atoms with van der Waals surface area (Å²) in [5, 5.41) is 3.40. The van der Waals surface area contributed by atoms with Crippen molar-refractivity contribution in [3.05, 3.63) is 35.9 Å². The van der Waals surface area contributed by atoms with Crippen molar-refractivity contribution < 1.29 is 9.53 Å². The minimum atomic E-state index is -0.802. The number of nitrogens with one attached hydrogen (secondary N) is 1. The van der Waals surface area contributed by atoms with Crippen molar-refractivity contribution in [3.8, 4) is 0 Å². The number of benzene rings is 1. The molecular formula is C20H29N3O2. The molecule has 4 aliphatic heterocycles. The number of ether oxygens (including phenoxy) is 1. The first-order valence-corrected chi connectivity index (χ1v) is 9.31. The van der Waals surface area contributed by atoms with E-state index in [4.69, 9.17) is 4.74 Å². The Bertz CT molecular complexity index is 630. The van der Waals surface area contributed by atoms with Crippen LogP contribution >= 0.6 is 0 Å². The average Bonchev–Trinajstić information content (AvgIpc) is 2.86. The van der Waals surface area contributed by atoms with Crippen LogP contribution in [-0.2, 0) is 14.9 Å². The van der Waals surface area contributed by atoms with Gasteiger partial charge in [-0.25, -0.2) is 0 Å². The summed E-state index contributed by atoms with van der Waals surface area (Å²) in [5.41, 5.74) is 0.499. The number of fused-ring (bicyclic) bond motifs is 1. The van der Waals surface area contributed by atoms with E-state index in [2.05, 4.69) is 45.4 Å². The predicted molar refractivity (Wildman–Crippen MR) is 97.5 cm³/mol. The Labute approximate surface area is 150 Å². The molecule has 0 spiro atoms. The molecule has 5 nitrogen and oxygen atoms in total. The van der Waals surface area contributed by atoms with Crippen molar-refractivity contribution in [2.45, 2.75) is 30.9 Å². The molecule has 4 saturated heterocycles. The predicted octanol–water partition coefficient (Wildman–Crippen LogP) is 1.10. The van der Waals surface area contributed by atoms with E-state index in [0.29, 0.717) is 5.92 Å². The highest BCUT2D eigenvalue weighted by Gasteiger charge is 2.56. The summed E-state index contributed by atoms with van der Waals surface area (Å²) in [5.74, 6) is 0.452. The molecule has 4 heterocycles. The third-order valence-corrected chi connectivity index (χ3v) is 6.49. The van der Waals surface area contributed by atoms with E-state index in [-0.39, 0.29) is 17.4 Å². The summed E-state index contributed by atoms with van der Waals surface area (Å²) >= 11 is 0. The molecule has 4 fully saturated rings. The molecule has 5 rings (SSSR count). The second kappa shape index (κ2) is 6.08. The molecule has 5 heteroatoms. The van der Waals surface area contributed by atoms with E-state index in [1.54, 1.807) is 7.11 Å². The van der Waals surface area contributed by atoms with Crippen LogP contribution in [0.5, 0.6) is 0 Å². The second-order valence-corrected chi connectivity index (χ2v) is 8.42. The van der Waals surface area contributed by atoms with E-state index in [1.807, 2.05) is 13.8 Å². The number of nitrogens with zero attached hydrogens (tertiary/aromatic N) is 2. The highest BCUT2D eigenvalue weighted by molar-refractivity contribution is 5.84. The third kappa shape index (κ3) is 2.78. The number of rotatable bonds is 4. The van der Waals surface area contributed by atoms with Gasteiger partial charge in [-0.2, -0.15) is 0 Å². The maximum atomic E-state index is 12.9. The molecule has 0 radical (unpaired) electrons. The average molecular weight is 343 g/mol. The zero-order chi connectivity index (χ0) is 17.7. The van der Waals surface area contributed by atoms with Crippen LogP contribution in [0.15, 0.2) is 30.3 Å². The molecule has 4 bridgehead atoms. The minimum Gasteiger partial charge on any atom is -0.369 e. The normalized spacial score (nSPS) is 36.9. The summed E-state index contributed by atoms with van der Waals surface area (Å²) in [6.45, 7) is 10.1. The van der Waals surface area contributed by atoms with E-state index in [9.17, 15) is 4.79 Å². The number of carbonyl (C=O) groups is 1. The SMILES string of the molecule is COC(C)(C)C(=O)N[C@@H]1C2CN3CCN(C2)CC1(c1ccccc1)C3.